The summed E-state index contributed by atoms with van der Waals surface area (Å²) in [5.74, 6) is 1.97. The topological polar surface area (TPSA) is 155 Å². The van der Waals surface area contributed by atoms with E-state index in [4.69, 9.17) is 49.8 Å². The normalized spacial score (nSPS) is 11.2. The van der Waals surface area contributed by atoms with E-state index >= 15 is 0 Å². The van der Waals surface area contributed by atoms with Crippen molar-refractivity contribution in [3.63, 3.8) is 0 Å². The van der Waals surface area contributed by atoms with Gasteiger partial charge in [0.2, 0.25) is 0 Å². The number of benzene rings is 15. The number of fused-ring (bicyclic) bond motifs is 6. The molecule has 12 nitrogen and oxygen atoms in total. The van der Waals surface area contributed by atoms with Gasteiger partial charge in [-0.1, -0.05) is 315 Å². The molecule has 0 saturated carbocycles. The molecule has 15 aromatic carbocycles. The Morgan fingerprint density at radius 2 is 0.386 bits per heavy atom. The molecule has 0 atom stereocenters. The Hall–Kier alpha value is -18.0. The number of aromatic nitrogens is 12. The van der Waals surface area contributed by atoms with Crippen molar-refractivity contribution in [3.8, 4) is 169 Å². The third kappa shape index (κ3) is 16.9. The standard InChI is InChI=1S/3C40H26N4/c1-3-13-29(14-4-1)36-26-37(30-15-5-2-6-16-30)44-40(43-36)33-24-31(38-34-17-9-7-11-27(34)19-21-41-38)23-32(25-33)39-35-18-10-8-12-28(35)20-22-42-39;1-3-11-27(12-4-1)38-24-39(28-13-5-2-6-14-28)44-40(43-38)35-20-33(36-22-29-15-7-9-17-31(29)25-41-36)19-34(21-35)37-23-30-16-8-10-18-32(30)26-42-37;1-3-11-27(12-4-1)38-26-39(28-13-5-2-6-14-28)44-40(43-38)31-24-29(32-19-21-41-36-17-9-7-15-34(32)36)23-30(25-31)33-20-22-42-37-18-10-8-16-35(33)37/h3*1-26H. The minimum atomic E-state index is 0.647. The van der Waals surface area contributed by atoms with Gasteiger partial charge >= 0.3 is 0 Å². The van der Waals surface area contributed by atoms with E-state index in [2.05, 4.69) is 313 Å². The van der Waals surface area contributed by atoms with Gasteiger partial charge in [0.25, 0.3) is 0 Å². The molecule has 0 N–H and O–H groups in total. The minimum Gasteiger partial charge on any atom is -0.256 e. The molecule has 24 aromatic rings. The predicted octanol–water partition coefficient (Wildman–Crippen LogP) is 29.7. The molecule has 9 aromatic heterocycles. The van der Waals surface area contributed by atoms with Crippen molar-refractivity contribution in [3.05, 3.63) is 474 Å². The molecular formula is C120H78N12. The molecule has 0 bridgehead atoms. The molecule has 9 heterocycles. The maximum absolute atomic E-state index is 5.16. The van der Waals surface area contributed by atoms with Crippen LogP contribution in [0.15, 0.2) is 474 Å². The van der Waals surface area contributed by atoms with Gasteiger partial charge in [-0.25, -0.2) is 29.9 Å². The first-order valence-corrected chi connectivity index (χ1v) is 43.9. The van der Waals surface area contributed by atoms with Crippen LogP contribution in [0.3, 0.4) is 0 Å². The maximum atomic E-state index is 5.16. The van der Waals surface area contributed by atoms with Crippen LogP contribution in [0, 0.1) is 0 Å². The number of para-hydroxylation sites is 2. The van der Waals surface area contributed by atoms with Crippen LogP contribution in [-0.4, -0.2) is 59.8 Å². The number of hydrogen-bond acceptors (Lipinski definition) is 12. The Bertz CT molecular complexity index is 7580. The number of hydrogen-bond donors (Lipinski definition) is 0. The summed E-state index contributed by atoms with van der Waals surface area (Å²) >= 11 is 0. The molecule has 618 valence electrons. The van der Waals surface area contributed by atoms with Gasteiger partial charge in [0.15, 0.2) is 17.5 Å². The zero-order valence-corrected chi connectivity index (χ0v) is 71.4. The van der Waals surface area contributed by atoms with E-state index in [1.807, 2.05) is 171 Å². The van der Waals surface area contributed by atoms with Crippen LogP contribution in [0.4, 0.5) is 0 Å². The Labute approximate surface area is 762 Å². The lowest BCUT2D eigenvalue weighted by molar-refractivity contribution is 1.18. The molecule has 0 radical (unpaired) electrons. The highest BCUT2D eigenvalue weighted by atomic mass is 14.9. The summed E-state index contributed by atoms with van der Waals surface area (Å²) < 4.78 is 0. The molecule has 0 aliphatic heterocycles. The van der Waals surface area contributed by atoms with Crippen molar-refractivity contribution >= 4 is 64.9 Å². The second-order valence-corrected chi connectivity index (χ2v) is 32.3. The van der Waals surface area contributed by atoms with Crippen molar-refractivity contribution < 1.29 is 0 Å². The summed E-state index contributed by atoms with van der Waals surface area (Å²) in [6, 6.07) is 150. The lowest BCUT2D eigenvalue weighted by Gasteiger charge is -2.14. The summed E-state index contributed by atoms with van der Waals surface area (Å²) in [6.45, 7) is 0. The minimum absolute atomic E-state index is 0.647. The fourth-order valence-electron chi connectivity index (χ4n) is 17.3. The van der Waals surface area contributed by atoms with Crippen molar-refractivity contribution in [2.45, 2.75) is 0 Å². The fourth-order valence-corrected chi connectivity index (χ4v) is 17.3. The smallest absolute Gasteiger partial charge is 0.160 e. The Morgan fingerprint density at radius 3 is 0.727 bits per heavy atom. The second-order valence-electron chi connectivity index (χ2n) is 32.3. The van der Waals surface area contributed by atoms with Crippen LogP contribution in [0.1, 0.15) is 0 Å². The van der Waals surface area contributed by atoms with Crippen LogP contribution < -0.4 is 0 Å². The van der Waals surface area contributed by atoms with Gasteiger partial charge < -0.3 is 0 Å². The van der Waals surface area contributed by atoms with Crippen LogP contribution >= 0.6 is 0 Å². The molecule has 0 spiro atoms. The summed E-state index contributed by atoms with van der Waals surface area (Å²) in [5, 5.41) is 11.2. The van der Waals surface area contributed by atoms with Crippen LogP contribution in [0.2, 0.25) is 0 Å². The first kappa shape index (κ1) is 79.9. The average Bonchev–Trinajstić information content (AvgIpc) is 0.768. The maximum Gasteiger partial charge on any atom is 0.160 e. The first-order chi connectivity index (χ1) is 65.4. The van der Waals surface area contributed by atoms with Crippen molar-refractivity contribution in [2.24, 2.45) is 0 Å². The molecule has 0 aliphatic rings. The average molecular weight is 1690 g/mol. The molecule has 12 heteroatoms. The van der Waals surface area contributed by atoms with E-state index in [0.29, 0.717) is 17.5 Å². The van der Waals surface area contributed by atoms with Gasteiger partial charge in [-0.3, -0.25) is 29.9 Å². The highest BCUT2D eigenvalue weighted by Gasteiger charge is 2.22. The van der Waals surface area contributed by atoms with E-state index in [1.165, 1.54) is 0 Å². The van der Waals surface area contributed by atoms with Gasteiger partial charge in [0, 0.05) is 142 Å². The molecule has 132 heavy (non-hydrogen) atoms. The van der Waals surface area contributed by atoms with Crippen LogP contribution in [-0.2, 0) is 0 Å². The van der Waals surface area contributed by atoms with Crippen molar-refractivity contribution in [2.75, 3.05) is 0 Å². The van der Waals surface area contributed by atoms with E-state index in [9.17, 15) is 0 Å². The zero-order chi connectivity index (χ0) is 87.9. The van der Waals surface area contributed by atoms with Crippen molar-refractivity contribution in [1.29, 1.82) is 0 Å². The molecule has 0 amide bonds. The first-order valence-electron chi connectivity index (χ1n) is 43.9. The van der Waals surface area contributed by atoms with Crippen LogP contribution in [0.25, 0.3) is 234 Å². The lowest BCUT2D eigenvalue weighted by Crippen LogP contribution is -1.97. The predicted molar refractivity (Wildman–Crippen MR) is 539 cm³/mol. The molecule has 24 rings (SSSR count). The molecular weight excluding hydrogens is 1610 g/mol. The number of rotatable bonds is 15. The van der Waals surface area contributed by atoms with E-state index in [0.717, 1.165) is 216 Å². The third-order valence-electron chi connectivity index (χ3n) is 23.8. The molecule has 0 unspecified atom stereocenters. The quantitative estimate of drug-likeness (QED) is 0.0959. The second kappa shape index (κ2) is 36.2. The molecule has 0 aliphatic carbocycles. The third-order valence-corrected chi connectivity index (χ3v) is 23.8. The Morgan fingerprint density at radius 1 is 0.136 bits per heavy atom. The summed E-state index contributed by atoms with van der Waals surface area (Å²) in [5.41, 5.74) is 28.0. The Balaban J connectivity index is 0.000000116. The monoisotopic (exact) mass is 1690 g/mol. The number of pyridine rings is 6. The van der Waals surface area contributed by atoms with Gasteiger partial charge in [0.05, 0.1) is 68.0 Å². The summed E-state index contributed by atoms with van der Waals surface area (Å²) in [4.78, 5) is 59.6. The highest BCUT2D eigenvalue weighted by Crippen LogP contribution is 2.43. The zero-order valence-electron chi connectivity index (χ0n) is 71.4. The van der Waals surface area contributed by atoms with Gasteiger partial charge in [0.1, 0.15) is 0 Å². The van der Waals surface area contributed by atoms with Gasteiger partial charge in [-0.05, 0) is 165 Å². The molecule has 0 saturated heterocycles. The largest absolute Gasteiger partial charge is 0.256 e. The van der Waals surface area contributed by atoms with E-state index in [1.54, 1.807) is 0 Å². The van der Waals surface area contributed by atoms with E-state index < -0.39 is 0 Å². The number of nitrogens with zero attached hydrogens (tertiary/aromatic N) is 12. The highest BCUT2D eigenvalue weighted by molar-refractivity contribution is 6.02. The fraction of sp³-hybridized carbons (Fsp3) is 0. The molecule has 0 fully saturated rings. The SMILES string of the molecule is c1ccc(-c2cc(-c3ccccc3)nc(-c3cc(-c4cc5ccccc5cn4)cc(-c4cc5ccccc5cn4)c3)n2)cc1.c1ccc(-c2cc(-c3ccccc3)nc(-c3cc(-c4ccnc5ccccc45)cc(-c4ccnc5ccccc45)c3)n2)cc1.c1ccc(-c2cc(-c3ccccc3)nc(-c3cc(-c4nccc5ccccc45)cc(-c4nccc5ccccc45)c3)n2)cc1. The van der Waals surface area contributed by atoms with Crippen molar-refractivity contribution in [1.82, 2.24) is 59.8 Å². The van der Waals surface area contributed by atoms with Crippen LogP contribution in [0.5, 0.6) is 0 Å². The Kier molecular flexibility index (Phi) is 21.9. The van der Waals surface area contributed by atoms with Gasteiger partial charge in [-0.15, -0.1) is 0 Å². The van der Waals surface area contributed by atoms with E-state index in [-0.39, 0.29) is 0 Å². The lowest BCUT2D eigenvalue weighted by atomic mass is 9.93. The van der Waals surface area contributed by atoms with Gasteiger partial charge in [-0.2, -0.15) is 0 Å². The summed E-state index contributed by atoms with van der Waals surface area (Å²) in [6.07, 6.45) is 11.4. The summed E-state index contributed by atoms with van der Waals surface area (Å²) in [7, 11) is 0.